The van der Waals surface area contributed by atoms with Crippen LogP contribution in [-0.2, 0) is 23.1 Å². The van der Waals surface area contributed by atoms with E-state index in [0.29, 0.717) is 6.42 Å². The lowest BCUT2D eigenvalue weighted by atomic mass is 9.98. The number of fused-ring (bicyclic) bond motifs is 3. The van der Waals surface area contributed by atoms with E-state index in [-0.39, 0.29) is 37.6 Å². The number of carbonyl (C=O) groups excluding carboxylic acids is 2. The van der Waals surface area contributed by atoms with Gasteiger partial charge in [-0.3, -0.25) is 9.36 Å². The van der Waals surface area contributed by atoms with Gasteiger partial charge in [-0.25, -0.2) is 4.79 Å². The van der Waals surface area contributed by atoms with Crippen molar-refractivity contribution in [2.24, 2.45) is 5.92 Å². The third-order valence-electron chi connectivity index (χ3n) is 7.19. The van der Waals surface area contributed by atoms with E-state index >= 15 is 0 Å². The molecule has 3 aromatic carbocycles. The molecule has 228 valence electrons. The van der Waals surface area contributed by atoms with Crippen LogP contribution in [0.15, 0.2) is 90.8 Å². The summed E-state index contributed by atoms with van der Waals surface area (Å²) in [6.07, 6.45) is 1.35. The summed E-state index contributed by atoms with van der Waals surface area (Å²) in [5.41, 5.74) is 5.28. The Morgan fingerprint density at radius 1 is 0.837 bits per heavy atom. The Kier molecular flexibility index (Phi) is 11.3. The molecule has 2 N–H and O–H groups in total. The van der Waals surface area contributed by atoms with E-state index in [4.69, 9.17) is 13.8 Å². The molecule has 43 heavy (non-hydrogen) atoms. The first kappa shape index (κ1) is 32.2. The van der Waals surface area contributed by atoms with Gasteiger partial charge in [0.1, 0.15) is 12.6 Å². The molecule has 0 aliphatic heterocycles. The van der Waals surface area contributed by atoms with Crippen molar-refractivity contribution in [1.29, 1.82) is 0 Å². The van der Waals surface area contributed by atoms with Gasteiger partial charge in [-0.15, -0.1) is 0 Å². The van der Waals surface area contributed by atoms with Crippen LogP contribution in [-0.4, -0.2) is 37.9 Å². The first-order valence-electron chi connectivity index (χ1n) is 14.8. The van der Waals surface area contributed by atoms with Gasteiger partial charge < -0.3 is 24.4 Å². The minimum atomic E-state index is -3.49. The Morgan fingerprint density at radius 3 is 1.95 bits per heavy atom. The smallest absolute Gasteiger partial charge is 0.407 e. The fourth-order valence-electron chi connectivity index (χ4n) is 5.32. The van der Waals surface area contributed by atoms with Gasteiger partial charge >= 0.3 is 13.7 Å². The summed E-state index contributed by atoms with van der Waals surface area (Å²) < 4.78 is 29.6. The molecule has 1 unspecified atom stereocenters. The van der Waals surface area contributed by atoms with E-state index < -0.39 is 25.8 Å². The Labute approximate surface area is 254 Å². The van der Waals surface area contributed by atoms with Crippen LogP contribution in [0.2, 0.25) is 0 Å². The number of carbonyl (C=O) groups is 2. The Bertz CT molecular complexity index is 1400. The predicted octanol–water partition coefficient (Wildman–Crippen LogP) is 7.58. The lowest BCUT2D eigenvalue weighted by Crippen LogP contribution is -2.48. The van der Waals surface area contributed by atoms with Crippen LogP contribution in [0.3, 0.4) is 0 Å². The van der Waals surface area contributed by atoms with Crippen LogP contribution in [0.5, 0.6) is 0 Å². The predicted molar refractivity (Wildman–Crippen MR) is 169 cm³/mol. The first-order valence-corrected chi connectivity index (χ1v) is 16.4. The lowest BCUT2D eigenvalue weighted by Gasteiger charge is -2.24. The highest BCUT2D eigenvalue weighted by atomic mass is 31.2. The van der Waals surface area contributed by atoms with Gasteiger partial charge in [0.05, 0.1) is 19.3 Å². The van der Waals surface area contributed by atoms with Gasteiger partial charge in [-0.1, -0.05) is 92.7 Å². The highest BCUT2D eigenvalue weighted by Crippen LogP contribution is 2.50. The monoisotopic (exact) mass is 604 g/mol. The molecule has 0 heterocycles. The summed E-state index contributed by atoms with van der Waals surface area (Å²) in [7, 11) is -3.49. The molecule has 0 aromatic heterocycles. The Balaban J connectivity index is 1.47. The average Bonchev–Trinajstić information content (AvgIpc) is 3.32. The number of hydrogen-bond donors (Lipinski definition) is 2. The molecular formula is C34H41N2O6P. The van der Waals surface area contributed by atoms with Gasteiger partial charge in [-0.05, 0) is 60.1 Å². The summed E-state index contributed by atoms with van der Waals surface area (Å²) in [5.74, 6) is 1.03. The van der Waals surface area contributed by atoms with Crippen LogP contribution >= 0.6 is 7.60 Å². The van der Waals surface area contributed by atoms with Gasteiger partial charge in [-0.2, -0.15) is 0 Å². The topological polar surface area (TPSA) is 103 Å². The van der Waals surface area contributed by atoms with Crippen molar-refractivity contribution >= 4 is 19.6 Å². The van der Waals surface area contributed by atoms with Gasteiger partial charge in [0.25, 0.3) is 0 Å². The maximum atomic E-state index is 13.6. The van der Waals surface area contributed by atoms with Crippen molar-refractivity contribution in [1.82, 2.24) is 10.6 Å². The molecule has 2 atom stereocenters. The van der Waals surface area contributed by atoms with Crippen molar-refractivity contribution in [2.45, 2.75) is 52.1 Å². The molecule has 4 rings (SSSR count). The van der Waals surface area contributed by atoms with Gasteiger partial charge in [0, 0.05) is 11.7 Å². The van der Waals surface area contributed by atoms with Gasteiger partial charge in [0.2, 0.25) is 5.91 Å². The zero-order valence-corrected chi connectivity index (χ0v) is 26.1. The van der Waals surface area contributed by atoms with E-state index in [9.17, 15) is 14.2 Å². The minimum Gasteiger partial charge on any atom is -0.449 e. The molecule has 0 spiro atoms. The fourth-order valence-corrected chi connectivity index (χ4v) is 6.67. The van der Waals surface area contributed by atoms with Crippen molar-refractivity contribution in [3.05, 3.63) is 107 Å². The molecule has 0 radical (unpaired) electrons. The SMILES string of the molecule is CCOP(=O)(/C=C/C(NC(=O)[C@H](CC(C)C)NC(=O)OCC1c2ccccc2-c2ccccc21)c1ccccc1)OCC. The third-order valence-corrected chi connectivity index (χ3v) is 8.97. The molecule has 8 nitrogen and oxygen atoms in total. The molecule has 0 saturated heterocycles. The van der Waals surface area contributed by atoms with Crippen molar-refractivity contribution < 1.29 is 27.9 Å². The van der Waals surface area contributed by atoms with E-state index in [2.05, 4.69) is 34.9 Å². The maximum Gasteiger partial charge on any atom is 0.407 e. The third kappa shape index (κ3) is 8.44. The lowest BCUT2D eigenvalue weighted by molar-refractivity contribution is -0.123. The first-order chi connectivity index (χ1) is 20.7. The second-order valence-corrected chi connectivity index (χ2v) is 12.7. The molecule has 0 bridgehead atoms. The molecule has 2 amide bonds. The number of nitrogens with one attached hydrogen (secondary N) is 2. The summed E-state index contributed by atoms with van der Waals surface area (Å²) >= 11 is 0. The van der Waals surface area contributed by atoms with E-state index in [1.807, 2.05) is 68.4 Å². The molecule has 0 fully saturated rings. The Morgan fingerprint density at radius 2 is 1.40 bits per heavy atom. The summed E-state index contributed by atoms with van der Waals surface area (Å²) in [5, 5.41) is 5.78. The summed E-state index contributed by atoms with van der Waals surface area (Å²) in [6.45, 7) is 8.01. The van der Waals surface area contributed by atoms with Crippen LogP contribution in [0.1, 0.15) is 62.8 Å². The van der Waals surface area contributed by atoms with Crippen LogP contribution in [0, 0.1) is 5.92 Å². The fraction of sp³-hybridized carbons (Fsp3) is 0.353. The largest absolute Gasteiger partial charge is 0.449 e. The Hall–Kier alpha value is -3.71. The molecule has 9 heteroatoms. The number of amides is 2. The number of ether oxygens (including phenoxy) is 1. The van der Waals surface area contributed by atoms with E-state index in [0.717, 1.165) is 27.8 Å². The highest BCUT2D eigenvalue weighted by molar-refractivity contribution is 7.57. The quantitative estimate of drug-likeness (QED) is 0.184. The number of hydrogen-bond acceptors (Lipinski definition) is 6. The number of alkyl carbamates (subject to hydrolysis) is 1. The second-order valence-electron chi connectivity index (χ2n) is 10.8. The van der Waals surface area contributed by atoms with E-state index in [1.54, 1.807) is 19.9 Å². The summed E-state index contributed by atoms with van der Waals surface area (Å²) in [6, 6.07) is 24.1. The van der Waals surface area contributed by atoms with Crippen LogP contribution in [0.4, 0.5) is 4.79 Å². The molecule has 3 aromatic rings. The van der Waals surface area contributed by atoms with E-state index in [1.165, 1.54) is 5.82 Å². The zero-order chi connectivity index (χ0) is 30.8. The normalized spacial score (nSPS) is 14.3. The molecule has 0 saturated carbocycles. The average molecular weight is 605 g/mol. The van der Waals surface area contributed by atoms with Gasteiger partial charge in [0.15, 0.2) is 0 Å². The number of benzene rings is 3. The van der Waals surface area contributed by atoms with Crippen LogP contribution in [0.25, 0.3) is 11.1 Å². The molecule has 1 aliphatic rings. The van der Waals surface area contributed by atoms with Crippen molar-refractivity contribution in [3.63, 3.8) is 0 Å². The number of rotatable bonds is 14. The highest BCUT2D eigenvalue weighted by Gasteiger charge is 2.30. The molecular weight excluding hydrogens is 563 g/mol. The van der Waals surface area contributed by atoms with Crippen molar-refractivity contribution in [3.8, 4) is 11.1 Å². The molecule has 1 aliphatic carbocycles. The standard InChI is InChI=1S/C34H41N2O6P/c1-5-41-43(39,42-6-2)21-20-31(25-14-8-7-9-15-25)35-33(37)32(22-24(3)4)36-34(38)40-23-30-28-18-12-10-16-26(28)27-17-11-13-19-29(27)30/h7-21,24,30-32H,5-6,22-23H2,1-4H3,(H,35,37)(H,36,38)/b21-20+/t31?,32-/m0/s1. The second kappa shape index (κ2) is 15.1. The van der Waals surface area contributed by atoms with Crippen LogP contribution < -0.4 is 10.6 Å². The zero-order valence-electron chi connectivity index (χ0n) is 25.2. The maximum absolute atomic E-state index is 13.6. The van der Waals surface area contributed by atoms with Crippen molar-refractivity contribution in [2.75, 3.05) is 19.8 Å². The summed E-state index contributed by atoms with van der Waals surface area (Å²) in [4.78, 5) is 26.7. The minimum absolute atomic E-state index is 0.0884.